The SMILES string of the molecule is CCC1=C(C(=O)NCCN(C)C)C(c2ccc(-c3ccccc3)cc2)C2=C(CC(C)(C)CC2C)N1. The number of dihydropyridines is 1. The molecule has 2 aromatic carbocycles. The first-order valence-electron chi connectivity index (χ1n) is 13.0. The monoisotopic (exact) mass is 471 g/mol. The standard InChI is InChI=1S/C31H41N3O/c1-7-25-29(30(35)32-17-18-34(5)6)28(27-21(2)19-31(3,4)20-26(27)33-25)24-15-13-23(14-16-24)22-11-9-8-10-12-22/h8-16,21,28,33H,7,17-20H2,1-6H3,(H,32,35). The van der Waals surface area contributed by atoms with E-state index in [4.69, 9.17) is 0 Å². The molecular weight excluding hydrogens is 430 g/mol. The zero-order chi connectivity index (χ0) is 25.2. The third-order valence-electron chi connectivity index (χ3n) is 7.41. The first-order valence-corrected chi connectivity index (χ1v) is 13.0. The lowest BCUT2D eigenvalue weighted by atomic mass is 9.64. The fourth-order valence-corrected chi connectivity index (χ4v) is 5.92. The zero-order valence-electron chi connectivity index (χ0n) is 22.2. The summed E-state index contributed by atoms with van der Waals surface area (Å²) in [6, 6.07) is 19.4. The van der Waals surface area contributed by atoms with Gasteiger partial charge in [0.2, 0.25) is 5.91 Å². The van der Waals surface area contributed by atoms with Crippen LogP contribution in [0, 0.1) is 11.3 Å². The largest absolute Gasteiger partial charge is 0.362 e. The van der Waals surface area contributed by atoms with Crippen LogP contribution in [0.5, 0.6) is 0 Å². The fraction of sp³-hybridized carbons (Fsp3) is 0.452. The molecule has 0 bridgehead atoms. The quantitative estimate of drug-likeness (QED) is 0.513. The van der Waals surface area contributed by atoms with Crippen molar-refractivity contribution in [3.8, 4) is 11.1 Å². The number of carbonyl (C=O) groups is 1. The summed E-state index contributed by atoms with van der Waals surface area (Å²) in [6.45, 7) is 10.7. The zero-order valence-corrected chi connectivity index (χ0v) is 22.2. The molecule has 2 aliphatic rings. The van der Waals surface area contributed by atoms with Gasteiger partial charge in [0.15, 0.2) is 0 Å². The van der Waals surface area contributed by atoms with E-state index in [1.165, 1.54) is 28.0 Å². The lowest BCUT2D eigenvalue weighted by Crippen LogP contribution is -2.41. The summed E-state index contributed by atoms with van der Waals surface area (Å²) in [6.07, 6.45) is 2.95. The molecule has 0 saturated heterocycles. The Hall–Kier alpha value is -2.85. The summed E-state index contributed by atoms with van der Waals surface area (Å²) in [5.41, 5.74) is 8.54. The number of rotatable bonds is 7. The van der Waals surface area contributed by atoms with Gasteiger partial charge in [-0.25, -0.2) is 0 Å². The van der Waals surface area contributed by atoms with Gasteiger partial charge in [0, 0.05) is 36.0 Å². The topological polar surface area (TPSA) is 44.4 Å². The minimum Gasteiger partial charge on any atom is -0.362 e. The van der Waals surface area contributed by atoms with Crippen molar-refractivity contribution in [1.82, 2.24) is 15.5 Å². The van der Waals surface area contributed by atoms with Crippen LogP contribution in [-0.2, 0) is 4.79 Å². The molecule has 2 aromatic rings. The maximum absolute atomic E-state index is 13.7. The molecule has 4 heteroatoms. The molecule has 2 atom stereocenters. The first kappa shape index (κ1) is 25.2. The van der Waals surface area contributed by atoms with Crippen LogP contribution in [0.4, 0.5) is 0 Å². The molecule has 186 valence electrons. The third-order valence-corrected chi connectivity index (χ3v) is 7.41. The smallest absolute Gasteiger partial charge is 0.249 e. The average Bonchev–Trinajstić information content (AvgIpc) is 2.82. The molecule has 0 aromatic heterocycles. The van der Waals surface area contributed by atoms with E-state index in [2.05, 4.69) is 91.8 Å². The van der Waals surface area contributed by atoms with Gasteiger partial charge in [0.25, 0.3) is 0 Å². The van der Waals surface area contributed by atoms with Crippen molar-refractivity contribution in [3.05, 3.63) is 82.7 Å². The van der Waals surface area contributed by atoms with E-state index >= 15 is 0 Å². The van der Waals surface area contributed by atoms with E-state index in [1.807, 2.05) is 20.2 Å². The number of nitrogens with zero attached hydrogens (tertiary/aromatic N) is 1. The number of amides is 1. The average molecular weight is 472 g/mol. The van der Waals surface area contributed by atoms with Gasteiger partial charge in [-0.3, -0.25) is 4.79 Å². The predicted molar refractivity (Wildman–Crippen MR) is 146 cm³/mol. The van der Waals surface area contributed by atoms with Crippen LogP contribution in [0.15, 0.2) is 77.1 Å². The number of hydrogen-bond acceptors (Lipinski definition) is 3. The van der Waals surface area contributed by atoms with Crippen molar-refractivity contribution in [2.24, 2.45) is 11.3 Å². The number of hydrogen-bond donors (Lipinski definition) is 2. The van der Waals surface area contributed by atoms with Gasteiger partial charge in [-0.05, 0) is 67.0 Å². The second kappa shape index (κ2) is 10.4. The highest BCUT2D eigenvalue weighted by atomic mass is 16.1. The molecule has 0 saturated carbocycles. The van der Waals surface area contributed by atoms with E-state index in [1.54, 1.807) is 0 Å². The van der Waals surface area contributed by atoms with Gasteiger partial charge in [0.05, 0.1) is 0 Å². The van der Waals surface area contributed by atoms with E-state index < -0.39 is 0 Å². The van der Waals surface area contributed by atoms with E-state index in [9.17, 15) is 4.79 Å². The van der Waals surface area contributed by atoms with Gasteiger partial charge >= 0.3 is 0 Å². The van der Waals surface area contributed by atoms with Crippen molar-refractivity contribution in [3.63, 3.8) is 0 Å². The summed E-state index contributed by atoms with van der Waals surface area (Å²) in [7, 11) is 4.06. The van der Waals surface area contributed by atoms with Crippen LogP contribution in [-0.4, -0.2) is 38.0 Å². The first-order chi connectivity index (χ1) is 16.7. The molecule has 2 N–H and O–H groups in total. The molecule has 4 rings (SSSR count). The normalized spacial score (nSPS) is 21.6. The van der Waals surface area contributed by atoms with E-state index in [0.29, 0.717) is 12.5 Å². The molecule has 0 spiro atoms. The maximum atomic E-state index is 13.7. The molecule has 1 aliphatic carbocycles. The second-order valence-corrected chi connectivity index (χ2v) is 11.2. The highest BCUT2D eigenvalue weighted by molar-refractivity contribution is 5.97. The Kier molecular flexibility index (Phi) is 7.51. The Balaban J connectivity index is 1.77. The summed E-state index contributed by atoms with van der Waals surface area (Å²) in [5.74, 6) is 0.441. The predicted octanol–water partition coefficient (Wildman–Crippen LogP) is 6.09. The molecule has 0 radical (unpaired) electrons. The van der Waals surface area contributed by atoms with Gasteiger partial charge in [0.1, 0.15) is 0 Å². The molecule has 2 unspecified atom stereocenters. The Morgan fingerprint density at radius 3 is 2.34 bits per heavy atom. The number of benzene rings is 2. The van der Waals surface area contributed by atoms with Crippen molar-refractivity contribution < 1.29 is 4.79 Å². The summed E-state index contributed by atoms with van der Waals surface area (Å²) >= 11 is 0. The molecule has 0 fully saturated rings. The third kappa shape index (κ3) is 5.54. The van der Waals surface area contributed by atoms with Crippen LogP contribution in [0.25, 0.3) is 11.1 Å². The van der Waals surface area contributed by atoms with Crippen molar-refractivity contribution >= 4 is 5.91 Å². The molecule has 35 heavy (non-hydrogen) atoms. The Bertz CT molecular complexity index is 1110. The number of likely N-dealkylation sites (N-methyl/N-ethyl adjacent to an activating group) is 1. The molecule has 1 amide bonds. The summed E-state index contributed by atoms with van der Waals surface area (Å²) < 4.78 is 0. The number of nitrogens with one attached hydrogen (secondary N) is 2. The molecule has 1 aliphatic heterocycles. The number of carbonyl (C=O) groups excluding carboxylic acids is 1. The minimum atomic E-state index is -0.0171. The summed E-state index contributed by atoms with van der Waals surface area (Å²) in [5, 5.41) is 6.96. The highest BCUT2D eigenvalue weighted by Crippen LogP contribution is 2.51. The second-order valence-electron chi connectivity index (χ2n) is 11.2. The lowest BCUT2D eigenvalue weighted by Gasteiger charge is -2.44. The Morgan fingerprint density at radius 2 is 1.71 bits per heavy atom. The van der Waals surface area contributed by atoms with Crippen molar-refractivity contribution in [1.29, 1.82) is 0 Å². The van der Waals surface area contributed by atoms with Crippen LogP contribution in [0.2, 0.25) is 0 Å². The van der Waals surface area contributed by atoms with Crippen LogP contribution in [0.3, 0.4) is 0 Å². The fourth-order valence-electron chi connectivity index (χ4n) is 5.92. The molecule has 1 heterocycles. The van der Waals surface area contributed by atoms with Gasteiger partial charge in [-0.2, -0.15) is 0 Å². The molecular formula is C31H41N3O. The van der Waals surface area contributed by atoms with Crippen molar-refractivity contribution in [2.45, 2.75) is 52.9 Å². The van der Waals surface area contributed by atoms with E-state index in [-0.39, 0.29) is 17.2 Å². The Labute approximate surface area is 211 Å². The van der Waals surface area contributed by atoms with E-state index in [0.717, 1.165) is 37.1 Å². The molecule has 4 nitrogen and oxygen atoms in total. The van der Waals surface area contributed by atoms with Gasteiger partial charge in [-0.15, -0.1) is 0 Å². The van der Waals surface area contributed by atoms with Crippen LogP contribution < -0.4 is 10.6 Å². The summed E-state index contributed by atoms with van der Waals surface area (Å²) in [4.78, 5) is 15.8. The van der Waals surface area contributed by atoms with Crippen LogP contribution >= 0.6 is 0 Å². The van der Waals surface area contributed by atoms with Crippen molar-refractivity contribution in [2.75, 3.05) is 27.2 Å². The maximum Gasteiger partial charge on any atom is 0.249 e. The van der Waals surface area contributed by atoms with Gasteiger partial charge in [-0.1, -0.05) is 82.3 Å². The lowest BCUT2D eigenvalue weighted by molar-refractivity contribution is -0.117. The highest BCUT2D eigenvalue weighted by Gasteiger charge is 2.41. The number of allylic oxidation sites excluding steroid dienone is 3. The van der Waals surface area contributed by atoms with Gasteiger partial charge < -0.3 is 15.5 Å². The Morgan fingerprint density at radius 1 is 1.06 bits per heavy atom. The van der Waals surface area contributed by atoms with Crippen LogP contribution in [0.1, 0.15) is 58.4 Å². The minimum absolute atomic E-state index is 0.0171.